The molecule has 104 valence electrons. The molecule has 0 saturated carbocycles. The standard InChI is InChI=1S/C17H19NOS/c1-13-12-20-17(18-13)15-7-9-16(10-8-15)19-11-14-5-3-2-4-6-14/h2-10,13,17-18H,11-12H2,1H3. The average Bonchev–Trinajstić information content (AvgIpc) is 2.93. The molecule has 1 heterocycles. The average molecular weight is 285 g/mol. The van der Waals surface area contributed by atoms with Gasteiger partial charge in [0.05, 0.1) is 5.37 Å². The first-order valence-electron chi connectivity index (χ1n) is 6.95. The van der Waals surface area contributed by atoms with E-state index in [0.717, 1.165) is 5.75 Å². The van der Waals surface area contributed by atoms with Crippen molar-refractivity contribution < 1.29 is 4.74 Å². The predicted octanol–water partition coefficient (Wildman–Crippen LogP) is 3.99. The SMILES string of the molecule is CC1CSC(c2ccc(OCc3ccccc3)cc2)N1. The molecular weight excluding hydrogens is 266 g/mol. The van der Waals surface area contributed by atoms with E-state index in [1.54, 1.807) is 0 Å². The Bertz CT molecular complexity index is 541. The summed E-state index contributed by atoms with van der Waals surface area (Å²) in [6, 6.07) is 19.3. The highest BCUT2D eigenvalue weighted by Gasteiger charge is 2.21. The zero-order valence-corrected chi connectivity index (χ0v) is 12.4. The van der Waals surface area contributed by atoms with Crippen LogP contribution in [0.1, 0.15) is 23.4 Å². The number of rotatable bonds is 4. The molecule has 0 amide bonds. The van der Waals surface area contributed by atoms with E-state index in [1.165, 1.54) is 16.9 Å². The number of hydrogen-bond acceptors (Lipinski definition) is 3. The molecular formula is C17H19NOS. The molecule has 0 aromatic heterocycles. The first-order valence-corrected chi connectivity index (χ1v) is 8.00. The third-order valence-corrected chi connectivity index (χ3v) is 4.81. The van der Waals surface area contributed by atoms with Crippen molar-refractivity contribution in [3.63, 3.8) is 0 Å². The van der Waals surface area contributed by atoms with Crippen LogP contribution in [0.15, 0.2) is 54.6 Å². The molecule has 2 aromatic rings. The zero-order chi connectivity index (χ0) is 13.8. The molecule has 20 heavy (non-hydrogen) atoms. The molecule has 1 saturated heterocycles. The molecule has 3 heteroatoms. The van der Waals surface area contributed by atoms with E-state index in [2.05, 4.69) is 48.6 Å². The van der Waals surface area contributed by atoms with E-state index in [1.807, 2.05) is 30.0 Å². The second kappa shape index (κ2) is 6.33. The van der Waals surface area contributed by atoms with Crippen LogP contribution in [-0.4, -0.2) is 11.8 Å². The van der Waals surface area contributed by atoms with Crippen LogP contribution >= 0.6 is 11.8 Å². The smallest absolute Gasteiger partial charge is 0.119 e. The van der Waals surface area contributed by atoms with Crippen molar-refractivity contribution >= 4 is 11.8 Å². The molecule has 1 fully saturated rings. The van der Waals surface area contributed by atoms with Gasteiger partial charge in [-0.05, 0) is 30.2 Å². The van der Waals surface area contributed by atoms with Gasteiger partial charge in [-0.1, -0.05) is 42.5 Å². The summed E-state index contributed by atoms with van der Waals surface area (Å²) < 4.78 is 5.80. The van der Waals surface area contributed by atoms with Crippen LogP contribution in [0.4, 0.5) is 0 Å². The van der Waals surface area contributed by atoms with Gasteiger partial charge in [0.2, 0.25) is 0 Å². The van der Waals surface area contributed by atoms with Gasteiger partial charge in [0, 0.05) is 11.8 Å². The maximum absolute atomic E-state index is 5.80. The van der Waals surface area contributed by atoms with Crippen molar-refractivity contribution in [3.8, 4) is 5.75 Å². The van der Waals surface area contributed by atoms with Gasteiger partial charge in [0.25, 0.3) is 0 Å². The maximum atomic E-state index is 5.80. The Kier molecular flexibility index (Phi) is 4.28. The minimum Gasteiger partial charge on any atom is -0.489 e. The first-order chi connectivity index (χ1) is 9.81. The predicted molar refractivity (Wildman–Crippen MR) is 85.0 cm³/mol. The summed E-state index contributed by atoms with van der Waals surface area (Å²) in [5.74, 6) is 2.10. The molecule has 1 aliphatic rings. The molecule has 0 aliphatic carbocycles. The minimum absolute atomic E-state index is 0.424. The summed E-state index contributed by atoms with van der Waals surface area (Å²) in [6.07, 6.45) is 0. The molecule has 2 atom stereocenters. The Labute approximate surface area is 124 Å². The number of benzene rings is 2. The van der Waals surface area contributed by atoms with Gasteiger partial charge >= 0.3 is 0 Å². The van der Waals surface area contributed by atoms with Crippen LogP contribution in [0, 0.1) is 0 Å². The molecule has 1 N–H and O–H groups in total. The van der Waals surface area contributed by atoms with Crippen LogP contribution in [0.25, 0.3) is 0 Å². The lowest BCUT2D eigenvalue weighted by Crippen LogP contribution is -2.21. The molecule has 1 aliphatic heterocycles. The molecule has 3 rings (SSSR count). The van der Waals surface area contributed by atoms with Gasteiger partial charge in [-0.3, -0.25) is 5.32 Å². The maximum Gasteiger partial charge on any atom is 0.119 e. The van der Waals surface area contributed by atoms with Crippen molar-refractivity contribution in [2.75, 3.05) is 5.75 Å². The highest BCUT2D eigenvalue weighted by atomic mass is 32.2. The van der Waals surface area contributed by atoms with E-state index in [0.29, 0.717) is 18.0 Å². The fourth-order valence-corrected chi connectivity index (χ4v) is 3.52. The van der Waals surface area contributed by atoms with Gasteiger partial charge in [-0.25, -0.2) is 0 Å². The third-order valence-electron chi connectivity index (χ3n) is 3.38. The Morgan fingerprint density at radius 2 is 1.85 bits per heavy atom. The Morgan fingerprint density at radius 1 is 1.10 bits per heavy atom. The molecule has 2 aromatic carbocycles. The van der Waals surface area contributed by atoms with Crippen molar-refractivity contribution in [1.29, 1.82) is 0 Å². The van der Waals surface area contributed by atoms with Crippen molar-refractivity contribution in [3.05, 3.63) is 65.7 Å². The molecule has 2 nitrogen and oxygen atoms in total. The van der Waals surface area contributed by atoms with E-state index in [4.69, 9.17) is 4.74 Å². The summed E-state index contributed by atoms with van der Waals surface area (Å²) in [5.41, 5.74) is 2.52. The largest absolute Gasteiger partial charge is 0.489 e. The second-order valence-corrected chi connectivity index (χ2v) is 6.26. The Morgan fingerprint density at radius 3 is 2.50 bits per heavy atom. The number of thioether (sulfide) groups is 1. The van der Waals surface area contributed by atoms with Crippen molar-refractivity contribution in [2.45, 2.75) is 24.9 Å². The topological polar surface area (TPSA) is 21.3 Å². The van der Waals surface area contributed by atoms with Crippen LogP contribution in [0.5, 0.6) is 5.75 Å². The zero-order valence-electron chi connectivity index (χ0n) is 11.6. The fraction of sp³-hybridized carbons (Fsp3) is 0.294. The van der Waals surface area contributed by atoms with Gasteiger partial charge in [-0.2, -0.15) is 0 Å². The summed E-state index contributed by atoms with van der Waals surface area (Å²) >= 11 is 1.97. The van der Waals surface area contributed by atoms with Gasteiger partial charge < -0.3 is 4.74 Å². The van der Waals surface area contributed by atoms with Gasteiger partial charge in [-0.15, -0.1) is 11.8 Å². The van der Waals surface area contributed by atoms with Crippen LogP contribution in [0.2, 0.25) is 0 Å². The summed E-state index contributed by atoms with van der Waals surface area (Å²) in [4.78, 5) is 0. The number of nitrogens with one attached hydrogen (secondary N) is 1. The Hall–Kier alpha value is -1.45. The molecule has 0 bridgehead atoms. The van der Waals surface area contributed by atoms with E-state index in [9.17, 15) is 0 Å². The monoisotopic (exact) mass is 285 g/mol. The summed E-state index contributed by atoms with van der Waals surface area (Å²) in [7, 11) is 0. The number of hydrogen-bond donors (Lipinski definition) is 1. The molecule has 0 radical (unpaired) electrons. The van der Waals surface area contributed by atoms with E-state index >= 15 is 0 Å². The van der Waals surface area contributed by atoms with E-state index in [-0.39, 0.29) is 0 Å². The minimum atomic E-state index is 0.424. The lowest BCUT2D eigenvalue weighted by molar-refractivity contribution is 0.306. The highest BCUT2D eigenvalue weighted by molar-refractivity contribution is 7.99. The molecule has 0 spiro atoms. The normalized spacial score (nSPS) is 21.9. The Balaban J connectivity index is 1.59. The van der Waals surface area contributed by atoms with Crippen LogP contribution in [-0.2, 0) is 6.61 Å². The highest BCUT2D eigenvalue weighted by Crippen LogP contribution is 2.33. The quantitative estimate of drug-likeness (QED) is 0.918. The fourth-order valence-electron chi connectivity index (χ4n) is 2.27. The van der Waals surface area contributed by atoms with Crippen LogP contribution in [0.3, 0.4) is 0 Å². The van der Waals surface area contributed by atoms with Crippen molar-refractivity contribution in [1.82, 2.24) is 5.32 Å². The summed E-state index contributed by atoms with van der Waals surface area (Å²) in [5, 5.41) is 3.99. The van der Waals surface area contributed by atoms with Crippen molar-refractivity contribution in [2.24, 2.45) is 0 Å². The number of ether oxygens (including phenoxy) is 1. The lowest BCUT2D eigenvalue weighted by Gasteiger charge is -2.12. The first kappa shape index (κ1) is 13.5. The second-order valence-electron chi connectivity index (χ2n) is 5.12. The van der Waals surface area contributed by atoms with E-state index < -0.39 is 0 Å². The van der Waals surface area contributed by atoms with Crippen LogP contribution < -0.4 is 10.1 Å². The lowest BCUT2D eigenvalue weighted by atomic mass is 10.2. The van der Waals surface area contributed by atoms with Gasteiger partial charge in [0.15, 0.2) is 0 Å². The van der Waals surface area contributed by atoms with Gasteiger partial charge in [0.1, 0.15) is 12.4 Å². The molecule has 2 unspecified atom stereocenters. The summed E-state index contributed by atoms with van der Waals surface area (Å²) in [6.45, 7) is 2.85. The third kappa shape index (κ3) is 3.35.